The molecule has 23 heavy (non-hydrogen) atoms. The molecule has 1 fully saturated rings. The van der Waals surface area contributed by atoms with E-state index < -0.39 is 0 Å². The summed E-state index contributed by atoms with van der Waals surface area (Å²) in [6, 6.07) is 2.43. The Balaban J connectivity index is 1.56. The maximum absolute atomic E-state index is 5.78. The average Bonchev–Trinajstić information content (AvgIpc) is 2.99. The van der Waals surface area contributed by atoms with Crippen molar-refractivity contribution in [2.75, 3.05) is 13.2 Å². The number of aromatic nitrogens is 4. The summed E-state index contributed by atoms with van der Waals surface area (Å²) in [4.78, 5) is 4.24. The Morgan fingerprint density at radius 2 is 2.22 bits per heavy atom. The largest absolute Gasteiger partial charge is 0.490 e. The number of ether oxygens (including phenoxy) is 1. The highest BCUT2D eigenvalue weighted by atomic mass is 16.5. The van der Waals surface area contributed by atoms with Crippen molar-refractivity contribution in [1.82, 2.24) is 25.3 Å². The zero-order valence-electron chi connectivity index (χ0n) is 13.7. The molecular formula is C17H25N5O. The quantitative estimate of drug-likeness (QED) is 0.720. The van der Waals surface area contributed by atoms with Crippen molar-refractivity contribution < 1.29 is 4.74 Å². The molecule has 1 aliphatic rings. The van der Waals surface area contributed by atoms with E-state index in [0.29, 0.717) is 12.6 Å². The Bertz CT molecular complexity index is 609. The molecule has 2 aromatic heterocycles. The van der Waals surface area contributed by atoms with Crippen molar-refractivity contribution in [2.45, 2.75) is 51.5 Å². The molecule has 0 radical (unpaired) electrons. The van der Waals surface area contributed by atoms with E-state index >= 15 is 0 Å². The van der Waals surface area contributed by atoms with Gasteiger partial charge in [0.2, 0.25) is 0 Å². The molecule has 0 saturated carbocycles. The molecular weight excluding hydrogens is 290 g/mol. The van der Waals surface area contributed by atoms with Gasteiger partial charge in [0, 0.05) is 12.1 Å². The van der Waals surface area contributed by atoms with Crippen LogP contribution in [0.2, 0.25) is 0 Å². The number of pyridine rings is 1. The van der Waals surface area contributed by atoms with Crippen LogP contribution < -0.4 is 10.1 Å². The molecule has 3 rings (SSSR count). The second-order valence-electron chi connectivity index (χ2n) is 6.09. The van der Waals surface area contributed by atoms with E-state index in [-0.39, 0.29) is 0 Å². The van der Waals surface area contributed by atoms with Gasteiger partial charge in [0.1, 0.15) is 12.4 Å². The van der Waals surface area contributed by atoms with Gasteiger partial charge in [-0.3, -0.25) is 4.98 Å². The van der Waals surface area contributed by atoms with Crippen molar-refractivity contribution in [2.24, 2.45) is 0 Å². The van der Waals surface area contributed by atoms with Gasteiger partial charge in [0.15, 0.2) is 0 Å². The Hall–Kier alpha value is -1.95. The van der Waals surface area contributed by atoms with Gasteiger partial charge in [-0.25, -0.2) is 4.68 Å². The van der Waals surface area contributed by atoms with E-state index in [2.05, 4.69) is 27.5 Å². The lowest BCUT2D eigenvalue weighted by atomic mass is 10.1. The third-order valence-electron chi connectivity index (χ3n) is 4.17. The van der Waals surface area contributed by atoms with Crippen LogP contribution in [0.1, 0.15) is 44.7 Å². The van der Waals surface area contributed by atoms with Crippen LogP contribution in [0.4, 0.5) is 0 Å². The number of nitrogens with zero attached hydrogens (tertiary/aromatic N) is 4. The van der Waals surface area contributed by atoms with Crippen LogP contribution in [0, 0.1) is 0 Å². The van der Waals surface area contributed by atoms with E-state index in [1.54, 1.807) is 17.1 Å². The number of unbranched alkanes of at least 4 members (excludes halogenated alkanes) is 3. The van der Waals surface area contributed by atoms with Crippen molar-refractivity contribution in [3.63, 3.8) is 0 Å². The van der Waals surface area contributed by atoms with Gasteiger partial charge in [-0.05, 0) is 25.8 Å². The highest BCUT2D eigenvalue weighted by molar-refractivity contribution is 5.34. The van der Waals surface area contributed by atoms with E-state index in [4.69, 9.17) is 4.74 Å². The summed E-state index contributed by atoms with van der Waals surface area (Å²) in [6.07, 6.45) is 12.6. The zero-order valence-corrected chi connectivity index (χ0v) is 13.7. The summed E-state index contributed by atoms with van der Waals surface area (Å²) in [5.41, 5.74) is 1.92. The van der Waals surface area contributed by atoms with Crippen molar-refractivity contribution >= 4 is 0 Å². The molecule has 0 aliphatic carbocycles. The fourth-order valence-corrected chi connectivity index (χ4v) is 2.57. The van der Waals surface area contributed by atoms with Crippen molar-refractivity contribution in [1.29, 1.82) is 0 Å². The number of hydrogen-bond donors (Lipinski definition) is 1. The van der Waals surface area contributed by atoms with Gasteiger partial charge in [-0.2, -0.15) is 0 Å². The lowest BCUT2D eigenvalue weighted by molar-refractivity contribution is 0.217. The molecule has 3 heterocycles. The topological polar surface area (TPSA) is 64.9 Å². The van der Waals surface area contributed by atoms with Crippen LogP contribution in [0.5, 0.6) is 5.75 Å². The van der Waals surface area contributed by atoms with E-state index in [1.807, 2.05) is 12.3 Å². The lowest BCUT2D eigenvalue weighted by Crippen LogP contribution is -2.46. The second-order valence-corrected chi connectivity index (χ2v) is 6.09. The first-order valence-electron chi connectivity index (χ1n) is 8.58. The van der Waals surface area contributed by atoms with Crippen LogP contribution in [0.3, 0.4) is 0 Å². The van der Waals surface area contributed by atoms with Gasteiger partial charge in [-0.1, -0.05) is 31.4 Å². The van der Waals surface area contributed by atoms with Gasteiger partial charge < -0.3 is 10.1 Å². The molecule has 2 aromatic rings. The molecule has 0 amide bonds. The fraction of sp³-hybridized carbons (Fsp3) is 0.588. The highest BCUT2D eigenvalue weighted by Crippen LogP contribution is 2.16. The van der Waals surface area contributed by atoms with E-state index in [9.17, 15) is 0 Å². The molecule has 1 atom stereocenters. The smallest absolute Gasteiger partial charge is 0.139 e. The normalized spacial score (nSPS) is 17.0. The first kappa shape index (κ1) is 15.9. The van der Waals surface area contributed by atoms with Gasteiger partial charge in [0.05, 0.1) is 30.0 Å². The van der Waals surface area contributed by atoms with Crippen molar-refractivity contribution in [3.8, 4) is 11.4 Å². The molecule has 6 heteroatoms. The van der Waals surface area contributed by atoms with Gasteiger partial charge in [-0.15, -0.1) is 5.10 Å². The van der Waals surface area contributed by atoms with Gasteiger partial charge in [0.25, 0.3) is 0 Å². The number of aryl methyl sites for hydroxylation is 1. The van der Waals surface area contributed by atoms with Crippen LogP contribution in [-0.4, -0.2) is 39.2 Å². The van der Waals surface area contributed by atoms with E-state index in [1.165, 1.54) is 32.1 Å². The summed E-state index contributed by atoms with van der Waals surface area (Å²) in [5, 5.41) is 11.8. The molecule has 1 saturated heterocycles. The third kappa shape index (κ3) is 4.51. The third-order valence-corrected chi connectivity index (χ3v) is 4.17. The SMILES string of the molecule is CCCCCCc1cn(-c2cncc(OC[C@@H]3CCN3)c2)nn1. The highest BCUT2D eigenvalue weighted by Gasteiger charge is 2.16. The number of nitrogens with one attached hydrogen (secondary N) is 1. The van der Waals surface area contributed by atoms with Crippen molar-refractivity contribution in [3.05, 3.63) is 30.4 Å². The lowest BCUT2D eigenvalue weighted by Gasteiger charge is -2.27. The van der Waals surface area contributed by atoms with Gasteiger partial charge >= 0.3 is 0 Å². The maximum atomic E-state index is 5.78. The first-order chi connectivity index (χ1) is 11.3. The minimum atomic E-state index is 0.472. The Kier molecular flexibility index (Phi) is 5.58. The molecule has 1 aliphatic heterocycles. The molecule has 0 bridgehead atoms. The number of hydrogen-bond acceptors (Lipinski definition) is 5. The van der Waals surface area contributed by atoms with Crippen LogP contribution in [0.25, 0.3) is 5.69 Å². The molecule has 0 unspecified atom stereocenters. The van der Waals surface area contributed by atoms with Crippen LogP contribution in [0.15, 0.2) is 24.7 Å². The molecule has 6 nitrogen and oxygen atoms in total. The monoisotopic (exact) mass is 315 g/mol. The average molecular weight is 315 g/mol. The summed E-state index contributed by atoms with van der Waals surface area (Å²) in [6.45, 7) is 4.00. The van der Waals surface area contributed by atoms with Crippen LogP contribution >= 0.6 is 0 Å². The summed E-state index contributed by atoms with van der Waals surface area (Å²) < 4.78 is 7.56. The minimum Gasteiger partial charge on any atom is -0.490 e. The fourth-order valence-electron chi connectivity index (χ4n) is 2.57. The number of rotatable bonds is 9. The minimum absolute atomic E-state index is 0.472. The standard InChI is InChI=1S/C17H25N5O/c1-2-3-4-5-6-14-12-22(21-20-14)16-9-17(11-18-10-16)23-13-15-7-8-19-15/h9-12,15,19H,2-8,13H2,1H3/t15-/m0/s1. The summed E-state index contributed by atoms with van der Waals surface area (Å²) in [5.74, 6) is 0.774. The first-order valence-corrected chi connectivity index (χ1v) is 8.58. The predicted molar refractivity (Wildman–Crippen MR) is 88.9 cm³/mol. The Morgan fingerprint density at radius 1 is 1.30 bits per heavy atom. The predicted octanol–water partition coefficient (Wildman–Crippen LogP) is 2.53. The molecule has 124 valence electrons. The van der Waals surface area contributed by atoms with Crippen LogP contribution in [-0.2, 0) is 6.42 Å². The molecule has 1 N–H and O–H groups in total. The summed E-state index contributed by atoms with van der Waals surface area (Å²) in [7, 11) is 0. The van der Waals surface area contributed by atoms with E-state index in [0.717, 1.165) is 30.1 Å². The summed E-state index contributed by atoms with van der Waals surface area (Å²) >= 11 is 0. The molecule has 0 spiro atoms. The zero-order chi connectivity index (χ0) is 15.9. The Morgan fingerprint density at radius 3 is 3.00 bits per heavy atom. The Labute approximate surface area is 137 Å². The maximum Gasteiger partial charge on any atom is 0.139 e. The second kappa shape index (κ2) is 8.06. The molecule has 0 aromatic carbocycles.